The maximum Gasteiger partial charge on any atom is 0.161 e. The van der Waals surface area contributed by atoms with Gasteiger partial charge in [0.15, 0.2) is 11.5 Å². The summed E-state index contributed by atoms with van der Waals surface area (Å²) in [6, 6.07) is 20.1. The number of rotatable bonds is 8. The molecular formula is C24H25ClN2O3. The Morgan fingerprint density at radius 2 is 1.77 bits per heavy atom. The topological polar surface area (TPSA) is 56.5 Å². The van der Waals surface area contributed by atoms with Crippen LogP contribution in [0.5, 0.6) is 11.5 Å². The molecule has 0 aliphatic carbocycles. The molecule has 0 fully saturated rings. The van der Waals surface area contributed by atoms with Crippen molar-refractivity contribution in [2.75, 3.05) is 7.11 Å². The highest BCUT2D eigenvalue weighted by Crippen LogP contribution is 2.29. The van der Waals surface area contributed by atoms with Gasteiger partial charge in [-0.05, 0) is 54.4 Å². The number of nitrogens with zero attached hydrogens (tertiary/aromatic N) is 1. The van der Waals surface area contributed by atoms with E-state index in [0.29, 0.717) is 13.2 Å². The third-order valence-corrected chi connectivity index (χ3v) is 4.86. The van der Waals surface area contributed by atoms with Crippen LogP contribution in [0.4, 0.5) is 0 Å². The fourth-order valence-corrected chi connectivity index (χ4v) is 3.17. The molecule has 0 aliphatic rings. The number of ether oxygens (including phenoxy) is 2. The molecule has 0 saturated carbocycles. The van der Waals surface area contributed by atoms with Crippen LogP contribution in [0, 0.1) is 0 Å². The number of furan rings is 1. The number of fused-ring (bicyclic) bond motifs is 1. The zero-order valence-electron chi connectivity index (χ0n) is 17.0. The van der Waals surface area contributed by atoms with Crippen LogP contribution in [0.3, 0.4) is 0 Å². The van der Waals surface area contributed by atoms with E-state index < -0.39 is 0 Å². The minimum absolute atomic E-state index is 0. The van der Waals surface area contributed by atoms with Crippen LogP contribution in [0.1, 0.15) is 29.9 Å². The lowest BCUT2D eigenvalue weighted by molar-refractivity contribution is 0.284. The van der Waals surface area contributed by atoms with E-state index in [4.69, 9.17) is 13.9 Å². The van der Waals surface area contributed by atoms with Crippen LogP contribution in [0.25, 0.3) is 11.0 Å². The Kier molecular flexibility index (Phi) is 7.33. The van der Waals surface area contributed by atoms with Gasteiger partial charge in [0, 0.05) is 24.3 Å². The van der Waals surface area contributed by atoms with Crippen LogP contribution in [-0.4, -0.2) is 12.1 Å². The van der Waals surface area contributed by atoms with E-state index >= 15 is 0 Å². The van der Waals surface area contributed by atoms with Crippen LogP contribution in [0.15, 0.2) is 77.5 Å². The smallest absolute Gasteiger partial charge is 0.161 e. The molecule has 1 N–H and O–H groups in total. The molecule has 0 radical (unpaired) electrons. The van der Waals surface area contributed by atoms with Gasteiger partial charge >= 0.3 is 0 Å². The Hall–Kier alpha value is -3.02. The molecule has 5 nitrogen and oxygen atoms in total. The molecule has 30 heavy (non-hydrogen) atoms. The number of hydrogen-bond donors (Lipinski definition) is 1. The molecule has 0 aliphatic heterocycles. The zero-order valence-corrected chi connectivity index (χ0v) is 17.8. The monoisotopic (exact) mass is 424 g/mol. The maximum absolute atomic E-state index is 5.94. The van der Waals surface area contributed by atoms with Crippen LogP contribution in [-0.2, 0) is 13.2 Å². The first-order valence-electron chi connectivity index (χ1n) is 9.63. The molecular weight excluding hydrogens is 400 g/mol. The van der Waals surface area contributed by atoms with Gasteiger partial charge in [0.25, 0.3) is 0 Å². The number of halogens is 1. The van der Waals surface area contributed by atoms with Crippen molar-refractivity contribution >= 4 is 23.4 Å². The first-order valence-corrected chi connectivity index (χ1v) is 9.63. The number of para-hydroxylation sites is 1. The van der Waals surface area contributed by atoms with Gasteiger partial charge in [0.05, 0.1) is 13.2 Å². The average molecular weight is 425 g/mol. The molecule has 1 atom stereocenters. The molecule has 0 bridgehead atoms. The minimum Gasteiger partial charge on any atom is -0.493 e. The van der Waals surface area contributed by atoms with Gasteiger partial charge in [-0.25, -0.2) is 0 Å². The summed E-state index contributed by atoms with van der Waals surface area (Å²) in [5.74, 6) is 2.36. The summed E-state index contributed by atoms with van der Waals surface area (Å²) < 4.78 is 17.4. The Balaban J connectivity index is 0.00000256. The van der Waals surface area contributed by atoms with E-state index in [1.165, 1.54) is 0 Å². The summed E-state index contributed by atoms with van der Waals surface area (Å²) in [6.45, 7) is 3.26. The summed E-state index contributed by atoms with van der Waals surface area (Å²) >= 11 is 0. The van der Waals surface area contributed by atoms with Gasteiger partial charge in [0.2, 0.25) is 0 Å². The number of aromatic nitrogens is 1. The van der Waals surface area contributed by atoms with Gasteiger partial charge in [-0.1, -0.05) is 24.3 Å². The van der Waals surface area contributed by atoms with Crippen molar-refractivity contribution in [1.29, 1.82) is 0 Å². The van der Waals surface area contributed by atoms with E-state index in [9.17, 15) is 0 Å². The molecule has 2 heterocycles. The third-order valence-electron chi connectivity index (χ3n) is 4.86. The Morgan fingerprint density at radius 1 is 0.967 bits per heavy atom. The van der Waals surface area contributed by atoms with Crippen LogP contribution in [0.2, 0.25) is 0 Å². The van der Waals surface area contributed by atoms with E-state index in [0.717, 1.165) is 39.4 Å². The second-order valence-electron chi connectivity index (χ2n) is 6.92. The molecule has 0 amide bonds. The molecule has 156 valence electrons. The Bertz CT molecular complexity index is 1050. The normalized spacial score (nSPS) is 11.7. The fourth-order valence-electron chi connectivity index (χ4n) is 3.17. The maximum atomic E-state index is 5.94. The largest absolute Gasteiger partial charge is 0.493 e. The quantitative estimate of drug-likeness (QED) is 0.394. The number of hydrogen-bond acceptors (Lipinski definition) is 5. The number of nitrogens with one attached hydrogen (secondary N) is 1. The molecule has 6 heteroatoms. The van der Waals surface area contributed by atoms with Crippen molar-refractivity contribution in [2.24, 2.45) is 0 Å². The zero-order chi connectivity index (χ0) is 20.1. The van der Waals surface area contributed by atoms with E-state index in [2.05, 4.69) is 29.4 Å². The van der Waals surface area contributed by atoms with Gasteiger partial charge in [-0.15, -0.1) is 12.4 Å². The first kappa shape index (κ1) is 21.7. The molecule has 1 unspecified atom stereocenters. The van der Waals surface area contributed by atoms with Crippen molar-refractivity contribution in [1.82, 2.24) is 10.3 Å². The lowest BCUT2D eigenvalue weighted by Crippen LogP contribution is -2.17. The highest BCUT2D eigenvalue weighted by Gasteiger charge is 2.12. The van der Waals surface area contributed by atoms with Crippen molar-refractivity contribution in [3.05, 3.63) is 89.9 Å². The average Bonchev–Trinajstić information content (AvgIpc) is 3.21. The minimum atomic E-state index is 0. The Morgan fingerprint density at radius 3 is 2.53 bits per heavy atom. The van der Waals surface area contributed by atoms with Crippen molar-refractivity contribution in [2.45, 2.75) is 26.1 Å². The summed E-state index contributed by atoms with van der Waals surface area (Å²) in [4.78, 5) is 4.02. The standard InChI is InChI=1S/C24H24N2O3.ClH/c1-17(23-14-20-5-3-4-6-21(20)29-23)26-15-19-7-8-22(24(13-19)27-2)28-16-18-9-11-25-12-10-18;/h3-14,17,26H,15-16H2,1-2H3;1H. The van der Waals surface area contributed by atoms with Crippen molar-refractivity contribution in [3.8, 4) is 11.5 Å². The highest BCUT2D eigenvalue weighted by atomic mass is 35.5. The molecule has 2 aromatic carbocycles. The summed E-state index contributed by atoms with van der Waals surface area (Å²) in [5.41, 5.74) is 3.09. The van der Waals surface area contributed by atoms with Gasteiger partial charge in [-0.2, -0.15) is 0 Å². The van der Waals surface area contributed by atoms with Gasteiger partial charge in [-0.3, -0.25) is 4.98 Å². The molecule has 4 aromatic rings. The third kappa shape index (κ3) is 5.12. The van der Waals surface area contributed by atoms with Crippen LogP contribution < -0.4 is 14.8 Å². The number of benzene rings is 2. The second-order valence-corrected chi connectivity index (χ2v) is 6.92. The second kappa shape index (κ2) is 10.1. The van der Waals surface area contributed by atoms with Crippen LogP contribution >= 0.6 is 12.4 Å². The highest BCUT2D eigenvalue weighted by molar-refractivity contribution is 5.85. The summed E-state index contributed by atoms with van der Waals surface area (Å²) in [6.07, 6.45) is 3.52. The van der Waals surface area contributed by atoms with Gasteiger partial charge < -0.3 is 19.2 Å². The summed E-state index contributed by atoms with van der Waals surface area (Å²) in [5, 5.41) is 4.63. The Labute approximate surface area is 182 Å². The van der Waals surface area contributed by atoms with Crippen molar-refractivity contribution < 1.29 is 13.9 Å². The number of methoxy groups -OCH3 is 1. The van der Waals surface area contributed by atoms with E-state index in [1.54, 1.807) is 19.5 Å². The first-order chi connectivity index (χ1) is 14.2. The fraction of sp³-hybridized carbons (Fsp3) is 0.208. The molecule has 4 rings (SSSR count). The SMILES string of the molecule is COc1cc(CNC(C)c2cc3ccccc3o2)ccc1OCc1ccncc1.Cl. The predicted octanol–water partition coefficient (Wildman–Crippen LogP) is 5.69. The van der Waals surface area contributed by atoms with E-state index in [-0.39, 0.29) is 18.4 Å². The molecule has 0 spiro atoms. The van der Waals surface area contributed by atoms with Gasteiger partial charge in [0.1, 0.15) is 18.0 Å². The lowest BCUT2D eigenvalue weighted by Gasteiger charge is -2.14. The number of pyridine rings is 1. The predicted molar refractivity (Wildman–Crippen MR) is 120 cm³/mol. The lowest BCUT2D eigenvalue weighted by atomic mass is 10.1. The molecule has 2 aromatic heterocycles. The van der Waals surface area contributed by atoms with E-state index in [1.807, 2.05) is 48.5 Å². The molecule has 0 saturated heterocycles. The summed E-state index contributed by atoms with van der Waals surface area (Å²) in [7, 11) is 1.66. The van der Waals surface area contributed by atoms with Crippen molar-refractivity contribution in [3.63, 3.8) is 0 Å².